The highest BCUT2D eigenvalue weighted by atomic mass is 79.9. The van der Waals surface area contributed by atoms with Crippen molar-refractivity contribution in [2.45, 2.75) is 26.7 Å². The van der Waals surface area contributed by atoms with Crippen LogP contribution in [0.25, 0.3) is 0 Å². The first-order valence-electron chi connectivity index (χ1n) is 10.3. The van der Waals surface area contributed by atoms with Crippen LogP contribution in [0.1, 0.15) is 47.4 Å². The molecule has 32 heavy (non-hydrogen) atoms. The van der Waals surface area contributed by atoms with Gasteiger partial charge < -0.3 is 20.5 Å². The number of carbonyl (C=O) groups is 2. The molecule has 2 amide bonds. The number of rotatable bonds is 10. The van der Waals surface area contributed by atoms with Gasteiger partial charge in [-0.3, -0.25) is 14.9 Å². The Bertz CT molecular complexity index is 953. The average Bonchev–Trinajstić information content (AvgIpc) is 2.75. The van der Waals surface area contributed by atoms with Gasteiger partial charge in [0.25, 0.3) is 11.8 Å². The number of carbonyl (C=O) groups excluding carboxylic acids is 2. The molecule has 2 aromatic carbocycles. The van der Waals surface area contributed by atoms with E-state index in [0.717, 1.165) is 6.42 Å². The smallest absolute Gasteiger partial charge is 0.257 e. The molecule has 2 rings (SSSR count). The van der Waals surface area contributed by atoms with Crippen LogP contribution in [0.3, 0.4) is 0 Å². The molecule has 0 aromatic heterocycles. The molecule has 0 aliphatic rings. The van der Waals surface area contributed by atoms with Crippen molar-refractivity contribution < 1.29 is 19.4 Å². The third-order valence-corrected chi connectivity index (χ3v) is 5.24. The van der Waals surface area contributed by atoms with Crippen LogP contribution in [-0.2, 0) is 0 Å². The van der Waals surface area contributed by atoms with Crippen molar-refractivity contribution >= 4 is 50.8 Å². The zero-order valence-electron chi connectivity index (χ0n) is 18.1. The summed E-state index contributed by atoms with van der Waals surface area (Å²) in [6, 6.07) is 11.9. The van der Waals surface area contributed by atoms with Crippen LogP contribution < -0.4 is 20.7 Å². The number of thiocarbonyl (C=S) groups is 1. The molecule has 0 radical (unpaired) electrons. The number of aliphatic hydroxyl groups is 1. The summed E-state index contributed by atoms with van der Waals surface area (Å²) in [5.74, 6) is 0.530. The fourth-order valence-corrected chi connectivity index (χ4v) is 3.35. The fourth-order valence-electron chi connectivity index (χ4n) is 2.66. The predicted molar refractivity (Wildman–Crippen MR) is 133 cm³/mol. The minimum absolute atomic E-state index is 0.00252. The lowest BCUT2D eigenvalue weighted by molar-refractivity contribution is 0.0950. The zero-order chi connectivity index (χ0) is 23.5. The summed E-state index contributed by atoms with van der Waals surface area (Å²) in [5.41, 5.74) is 1.26. The van der Waals surface area contributed by atoms with E-state index in [-0.39, 0.29) is 23.5 Å². The highest BCUT2D eigenvalue weighted by Gasteiger charge is 2.14. The van der Waals surface area contributed by atoms with Crippen LogP contribution >= 0.6 is 28.1 Å². The summed E-state index contributed by atoms with van der Waals surface area (Å²) in [5, 5.41) is 17.2. The van der Waals surface area contributed by atoms with Gasteiger partial charge in [0.15, 0.2) is 5.11 Å². The van der Waals surface area contributed by atoms with Gasteiger partial charge in [0.1, 0.15) is 5.75 Å². The van der Waals surface area contributed by atoms with E-state index < -0.39 is 0 Å². The van der Waals surface area contributed by atoms with Gasteiger partial charge in [-0.25, -0.2) is 0 Å². The van der Waals surface area contributed by atoms with E-state index in [4.69, 9.17) is 22.1 Å². The van der Waals surface area contributed by atoms with E-state index >= 15 is 0 Å². The number of hydrogen-bond donors (Lipinski definition) is 4. The maximum atomic E-state index is 12.6. The van der Waals surface area contributed by atoms with Crippen molar-refractivity contribution in [3.63, 3.8) is 0 Å². The number of benzene rings is 2. The van der Waals surface area contributed by atoms with E-state index in [1.54, 1.807) is 42.5 Å². The largest absolute Gasteiger partial charge is 0.492 e. The third kappa shape index (κ3) is 8.22. The molecule has 4 N–H and O–H groups in total. The molecule has 0 atom stereocenters. The van der Waals surface area contributed by atoms with Crippen LogP contribution in [0.15, 0.2) is 46.9 Å². The van der Waals surface area contributed by atoms with Crippen LogP contribution in [-0.4, -0.2) is 41.8 Å². The van der Waals surface area contributed by atoms with Gasteiger partial charge in [-0.1, -0.05) is 26.0 Å². The SMILES string of the molecule is CC(C)CCOc1ccc(C(=O)NC(=S)Nc2ccccc2C(=O)NCCCO)cc1Br. The van der Waals surface area contributed by atoms with Crippen LogP contribution in [0.2, 0.25) is 0 Å². The lowest BCUT2D eigenvalue weighted by atomic mass is 10.1. The van der Waals surface area contributed by atoms with E-state index in [0.29, 0.717) is 52.5 Å². The minimum Gasteiger partial charge on any atom is -0.492 e. The van der Waals surface area contributed by atoms with Crippen molar-refractivity contribution in [1.29, 1.82) is 0 Å². The minimum atomic E-state index is -0.387. The molecule has 0 saturated heterocycles. The molecule has 0 saturated carbocycles. The quantitative estimate of drug-likeness (QED) is 0.277. The van der Waals surface area contributed by atoms with Crippen LogP contribution in [0.4, 0.5) is 5.69 Å². The summed E-state index contributed by atoms with van der Waals surface area (Å²) < 4.78 is 6.42. The Morgan fingerprint density at radius 3 is 2.59 bits per heavy atom. The van der Waals surface area contributed by atoms with Gasteiger partial charge in [0.05, 0.1) is 22.3 Å². The predicted octanol–water partition coefficient (Wildman–Crippen LogP) is 4.11. The van der Waals surface area contributed by atoms with Gasteiger partial charge in [0, 0.05) is 18.7 Å². The second kappa shape index (κ2) is 13.1. The van der Waals surface area contributed by atoms with Gasteiger partial charge in [0.2, 0.25) is 0 Å². The highest BCUT2D eigenvalue weighted by Crippen LogP contribution is 2.26. The van der Waals surface area contributed by atoms with Gasteiger partial charge in [-0.2, -0.15) is 0 Å². The molecular weight excluding hydrogens is 494 g/mol. The molecular formula is C23H28BrN3O4S. The Labute approximate surface area is 202 Å². The molecule has 2 aromatic rings. The van der Waals surface area contributed by atoms with Gasteiger partial charge in [-0.15, -0.1) is 0 Å². The van der Waals surface area contributed by atoms with Gasteiger partial charge >= 0.3 is 0 Å². The summed E-state index contributed by atoms with van der Waals surface area (Å²) >= 11 is 8.70. The second-order valence-corrected chi connectivity index (χ2v) is 8.73. The topological polar surface area (TPSA) is 99.7 Å². The maximum absolute atomic E-state index is 12.6. The summed E-state index contributed by atoms with van der Waals surface area (Å²) in [4.78, 5) is 25.0. The number of amides is 2. The molecule has 0 unspecified atom stereocenters. The van der Waals surface area contributed by atoms with E-state index in [2.05, 4.69) is 45.7 Å². The number of ether oxygens (including phenoxy) is 1. The average molecular weight is 522 g/mol. The summed E-state index contributed by atoms with van der Waals surface area (Å²) in [6.45, 7) is 5.22. The first-order chi connectivity index (χ1) is 15.3. The first-order valence-corrected chi connectivity index (χ1v) is 11.5. The highest BCUT2D eigenvalue weighted by molar-refractivity contribution is 9.10. The second-order valence-electron chi connectivity index (χ2n) is 7.46. The van der Waals surface area contributed by atoms with E-state index in [1.165, 1.54) is 0 Å². The van der Waals surface area contributed by atoms with Crippen LogP contribution in [0.5, 0.6) is 5.75 Å². The molecule has 0 fully saturated rings. The Kier molecular flexibility index (Phi) is 10.6. The Balaban J connectivity index is 1.98. The number of halogens is 1. The molecule has 0 aliphatic heterocycles. The number of para-hydroxylation sites is 1. The lowest BCUT2D eigenvalue weighted by Crippen LogP contribution is -2.35. The van der Waals surface area contributed by atoms with Crippen molar-refractivity contribution in [3.05, 3.63) is 58.1 Å². The lowest BCUT2D eigenvalue weighted by Gasteiger charge is -2.14. The number of hydrogen-bond acceptors (Lipinski definition) is 5. The zero-order valence-corrected chi connectivity index (χ0v) is 20.5. The normalized spacial score (nSPS) is 10.5. The Morgan fingerprint density at radius 2 is 1.91 bits per heavy atom. The fraction of sp³-hybridized carbons (Fsp3) is 0.348. The van der Waals surface area contributed by atoms with Crippen LogP contribution in [0, 0.1) is 5.92 Å². The van der Waals surface area contributed by atoms with E-state index in [9.17, 15) is 9.59 Å². The molecule has 0 heterocycles. The number of aliphatic hydroxyl groups excluding tert-OH is 1. The van der Waals surface area contributed by atoms with Crippen molar-refractivity contribution in [2.24, 2.45) is 5.92 Å². The third-order valence-electron chi connectivity index (χ3n) is 4.41. The molecule has 0 spiro atoms. The first kappa shape index (κ1) is 25.8. The summed E-state index contributed by atoms with van der Waals surface area (Å²) in [7, 11) is 0. The standard InChI is InChI=1S/C23H28BrN3O4S/c1-15(2)10-13-31-20-9-8-16(14-18(20)24)21(29)27-23(32)26-19-7-4-3-6-17(19)22(30)25-11-5-12-28/h3-4,6-9,14-15,28H,5,10-13H2,1-2H3,(H,25,30)(H2,26,27,29,32). The van der Waals surface area contributed by atoms with Crippen molar-refractivity contribution in [2.75, 3.05) is 25.1 Å². The van der Waals surface area contributed by atoms with Crippen molar-refractivity contribution in [3.8, 4) is 5.75 Å². The van der Waals surface area contributed by atoms with Crippen molar-refractivity contribution in [1.82, 2.24) is 10.6 Å². The molecule has 9 heteroatoms. The molecule has 172 valence electrons. The number of anilines is 1. The Morgan fingerprint density at radius 1 is 1.16 bits per heavy atom. The number of nitrogens with one attached hydrogen (secondary N) is 3. The Hall–Kier alpha value is -2.49. The monoisotopic (exact) mass is 521 g/mol. The molecule has 0 bridgehead atoms. The molecule has 0 aliphatic carbocycles. The summed E-state index contributed by atoms with van der Waals surface area (Å²) in [6.07, 6.45) is 1.41. The van der Waals surface area contributed by atoms with Gasteiger partial charge in [-0.05, 0) is 77.2 Å². The molecule has 7 nitrogen and oxygen atoms in total. The maximum Gasteiger partial charge on any atom is 0.257 e. The van der Waals surface area contributed by atoms with E-state index in [1.807, 2.05) is 0 Å².